The zero-order chi connectivity index (χ0) is 19.1. The average Bonchev–Trinajstić information content (AvgIpc) is 2.23. The lowest BCUT2D eigenvalue weighted by atomic mass is 9.92. The van der Waals surface area contributed by atoms with Crippen molar-refractivity contribution in [2.75, 3.05) is 0 Å². The molecule has 0 N–H and O–H groups in total. The van der Waals surface area contributed by atoms with Gasteiger partial charge in [0.15, 0.2) is 0 Å². The summed E-state index contributed by atoms with van der Waals surface area (Å²) < 4.78 is 180. The summed E-state index contributed by atoms with van der Waals surface area (Å²) >= 11 is 0. The summed E-state index contributed by atoms with van der Waals surface area (Å²) in [6.07, 6.45) is 0. The van der Waals surface area contributed by atoms with Gasteiger partial charge in [0.05, 0.1) is 0 Å². The van der Waals surface area contributed by atoms with Crippen molar-refractivity contribution in [3.63, 3.8) is 0 Å². The Morgan fingerprint density at radius 3 is 1.04 bits per heavy atom. The van der Waals surface area contributed by atoms with Gasteiger partial charge in [-0.25, -0.2) is 0 Å². The number of nitrogens with zero attached hydrogens (tertiary/aromatic N) is 1. The Bertz CT molecular complexity index is 457. The fraction of sp³-hybridized carbons (Fsp3) is 1.00. The molecule has 0 bridgehead atoms. The Labute approximate surface area is 116 Å². The van der Waals surface area contributed by atoms with Crippen molar-refractivity contribution in [1.82, 2.24) is 4.90 Å². The van der Waals surface area contributed by atoms with Gasteiger partial charge in [-0.05, 0) is 0 Å². The maximum atomic E-state index is 13.1. The van der Waals surface area contributed by atoms with Gasteiger partial charge in [0.2, 0.25) is 0 Å². The lowest BCUT2D eigenvalue weighted by molar-refractivity contribution is -0.546. The summed E-state index contributed by atoms with van der Waals surface area (Å²) in [5.41, 5.74) is 0. The van der Waals surface area contributed by atoms with Crippen LogP contribution in [0, 0.1) is 0 Å². The second-order valence-electron chi connectivity index (χ2n) is 4.57. The van der Waals surface area contributed by atoms with E-state index >= 15 is 0 Å². The molecule has 1 nitrogen and oxygen atoms in total. The van der Waals surface area contributed by atoms with Crippen LogP contribution in [0.2, 0.25) is 0 Å². The van der Waals surface area contributed by atoms with Crippen LogP contribution in [0.5, 0.6) is 0 Å². The van der Waals surface area contributed by atoms with E-state index in [9.17, 15) is 61.5 Å². The van der Waals surface area contributed by atoms with Crippen LogP contribution in [0.1, 0.15) is 6.92 Å². The molecule has 15 heteroatoms. The fourth-order valence-corrected chi connectivity index (χ4v) is 1.58. The summed E-state index contributed by atoms with van der Waals surface area (Å²) in [4.78, 5) is -3.87. The molecule has 23 heavy (non-hydrogen) atoms. The van der Waals surface area contributed by atoms with Crippen molar-refractivity contribution in [3.05, 3.63) is 0 Å². The van der Waals surface area contributed by atoms with Crippen LogP contribution in [0.15, 0.2) is 0 Å². The number of alkyl halides is 14. The van der Waals surface area contributed by atoms with E-state index in [4.69, 9.17) is 0 Å². The van der Waals surface area contributed by atoms with E-state index in [2.05, 4.69) is 0 Å². The highest BCUT2D eigenvalue weighted by atomic mass is 19.4. The molecule has 0 saturated carbocycles. The van der Waals surface area contributed by atoms with E-state index in [1.54, 1.807) is 0 Å². The molecule has 0 amide bonds. The number of rotatable bonds is 2. The second kappa shape index (κ2) is 4.33. The van der Waals surface area contributed by atoms with Gasteiger partial charge in [0.1, 0.15) is 0 Å². The van der Waals surface area contributed by atoms with Crippen LogP contribution in [0.4, 0.5) is 61.5 Å². The molecule has 0 unspecified atom stereocenters. The summed E-state index contributed by atoms with van der Waals surface area (Å²) in [5.74, 6) is -28.6. The first-order chi connectivity index (χ1) is 9.62. The smallest absolute Gasteiger partial charge is 0.199 e. The van der Waals surface area contributed by atoms with Gasteiger partial charge in [0.25, 0.3) is 0 Å². The first-order valence-electron chi connectivity index (χ1n) is 5.07. The zero-order valence-corrected chi connectivity index (χ0v) is 10.2. The molecule has 1 aliphatic rings. The van der Waals surface area contributed by atoms with E-state index in [0.717, 1.165) is 0 Å². The van der Waals surface area contributed by atoms with Crippen LogP contribution in [-0.4, -0.2) is 46.7 Å². The molecule has 0 atom stereocenters. The predicted molar refractivity (Wildman–Crippen MR) is 42.1 cm³/mol. The van der Waals surface area contributed by atoms with Gasteiger partial charge in [-0.1, -0.05) is 0 Å². The molecular weight excluding hydrogens is 376 g/mol. The second-order valence-corrected chi connectivity index (χ2v) is 4.57. The molecule has 1 saturated heterocycles. The third-order valence-electron chi connectivity index (χ3n) is 2.91. The van der Waals surface area contributed by atoms with Crippen molar-refractivity contribution in [1.29, 1.82) is 0 Å². The first-order valence-corrected chi connectivity index (χ1v) is 5.07. The molecule has 1 fully saturated rings. The van der Waals surface area contributed by atoms with Crippen molar-refractivity contribution in [2.24, 2.45) is 0 Å². The minimum atomic E-state index is -7.53. The molecule has 0 spiro atoms. The van der Waals surface area contributed by atoms with Crippen molar-refractivity contribution in [3.8, 4) is 0 Å². The third kappa shape index (κ3) is 1.97. The van der Waals surface area contributed by atoms with Gasteiger partial charge in [0, 0.05) is 6.92 Å². The zero-order valence-electron chi connectivity index (χ0n) is 10.2. The fourth-order valence-electron chi connectivity index (χ4n) is 1.58. The number of halogens is 14. The van der Waals surface area contributed by atoms with Gasteiger partial charge < -0.3 is 0 Å². The van der Waals surface area contributed by atoms with E-state index in [1.807, 2.05) is 0 Å². The summed E-state index contributed by atoms with van der Waals surface area (Å²) in [6.45, 7) is -1.04. The predicted octanol–water partition coefficient (Wildman–Crippen LogP) is 4.64. The Morgan fingerprint density at radius 2 is 0.826 bits per heavy atom. The Kier molecular flexibility index (Phi) is 3.77. The SMILES string of the molecule is CC(F)(F)C(F)(F)N1C(F)(F)C(F)(F)C(F)(F)C(F)(F)C1(F)F. The molecular formula is C8H3F14N. The molecule has 1 rings (SSSR count). The van der Waals surface area contributed by atoms with Gasteiger partial charge in [-0.2, -0.15) is 61.5 Å². The van der Waals surface area contributed by atoms with E-state index in [-0.39, 0.29) is 0 Å². The summed E-state index contributed by atoms with van der Waals surface area (Å²) in [5, 5.41) is 0. The number of piperidine rings is 1. The molecule has 1 aliphatic heterocycles. The Morgan fingerprint density at radius 1 is 0.565 bits per heavy atom. The van der Waals surface area contributed by atoms with Crippen LogP contribution in [0.3, 0.4) is 0 Å². The molecule has 0 aromatic rings. The van der Waals surface area contributed by atoms with E-state index in [1.165, 1.54) is 0 Å². The normalized spacial score (nSPS) is 29.3. The van der Waals surface area contributed by atoms with Gasteiger partial charge >= 0.3 is 41.8 Å². The monoisotopic (exact) mass is 379 g/mol. The van der Waals surface area contributed by atoms with E-state index in [0.29, 0.717) is 0 Å². The summed E-state index contributed by atoms with van der Waals surface area (Å²) in [6, 6.07) is -21.9. The minimum Gasteiger partial charge on any atom is -0.199 e. The third-order valence-corrected chi connectivity index (χ3v) is 2.91. The highest BCUT2D eigenvalue weighted by Gasteiger charge is 2.98. The molecule has 1 heterocycles. The lowest BCUT2D eigenvalue weighted by Gasteiger charge is -2.53. The molecule has 0 radical (unpaired) electrons. The van der Waals surface area contributed by atoms with Crippen LogP contribution in [0.25, 0.3) is 0 Å². The van der Waals surface area contributed by atoms with Crippen molar-refractivity contribution >= 4 is 0 Å². The van der Waals surface area contributed by atoms with Crippen LogP contribution >= 0.6 is 0 Å². The highest BCUT2D eigenvalue weighted by molar-refractivity contribution is 5.16. The standard InChI is InChI=1S/C8H3F14N/c1-2(9,10)6(17,18)23-7(19,20)4(13,14)3(11,12)5(15,16)8(23,21)22/h1H3. The van der Waals surface area contributed by atoms with Gasteiger partial charge in [-0.15, -0.1) is 4.90 Å². The van der Waals surface area contributed by atoms with Crippen LogP contribution < -0.4 is 0 Å². The molecule has 138 valence electrons. The van der Waals surface area contributed by atoms with E-state index < -0.39 is 53.7 Å². The highest BCUT2D eigenvalue weighted by Crippen LogP contribution is 2.67. The molecule has 0 aromatic carbocycles. The Hall–Kier alpha value is -1.02. The average molecular weight is 379 g/mol. The Balaban J connectivity index is 3.84. The number of hydrogen-bond donors (Lipinski definition) is 0. The van der Waals surface area contributed by atoms with Crippen molar-refractivity contribution in [2.45, 2.75) is 48.8 Å². The lowest BCUT2D eigenvalue weighted by Crippen LogP contribution is -2.85. The summed E-state index contributed by atoms with van der Waals surface area (Å²) in [7, 11) is 0. The quantitative estimate of drug-likeness (QED) is 0.499. The maximum absolute atomic E-state index is 13.1. The van der Waals surface area contributed by atoms with Gasteiger partial charge in [-0.3, -0.25) is 0 Å². The maximum Gasteiger partial charge on any atom is 0.393 e. The first kappa shape index (κ1) is 20.0. The largest absolute Gasteiger partial charge is 0.393 e. The number of likely N-dealkylation sites (tertiary alicyclic amines) is 1. The topological polar surface area (TPSA) is 3.24 Å². The van der Waals surface area contributed by atoms with Crippen LogP contribution in [-0.2, 0) is 0 Å². The molecule has 0 aliphatic carbocycles. The van der Waals surface area contributed by atoms with Crippen molar-refractivity contribution < 1.29 is 61.5 Å². The molecule has 0 aromatic heterocycles. The number of hydrogen-bond acceptors (Lipinski definition) is 1. The minimum absolute atomic E-state index is 1.04.